The van der Waals surface area contributed by atoms with Gasteiger partial charge in [0.1, 0.15) is 0 Å². The molecule has 0 spiro atoms. The summed E-state index contributed by atoms with van der Waals surface area (Å²) in [5.41, 5.74) is 1.75. The lowest BCUT2D eigenvalue weighted by molar-refractivity contribution is -0.126. The van der Waals surface area contributed by atoms with Gasteiger partial charge in [-0.3, -0.25) is 4.79 Å². The first kappa shape index (κ1) is 14.8. The van der Waals surface area contributed by atoms with E-state index in [1.807, 2.05) is 36.4 Å². The van der Waals surface area contributed by atoms with E-state index >= 15 is 0 Å². The molecule has 1 amide bonds. The van der Waals surface area contributed by atoms with Crippen LogP contribution in [0.15, 0.2) is 60.7 Å². The number of nitrogens with one attached hydrogen (secondary N) is 1. The molecule has 2 aromatic rings. The van der Waals surface area contributed by atoms with Gasteiger partial charge < -0.3 is 5.32 Å². The van der Waals surface area contributed by atoms with Crippen LogP contribution in [0.4, 0.5) is 0 Å². The Bertz CT molecular complexity index is 575. The molecule has 22 heavy (non-hydrogen) atoms. The Morgan fingerprint density at radius 3 is 1.82 bits per heavy atom. The standard InChI is InChI=1S/C20H23NO/c1-20(17-12-4-2-5-13-17,18-14-6-3-7-15-18)21-19(22)16-10-8-9-11-16/h2-7,12-16H,8-11H2,1H3,(H,21,22). The third kappa shape index (κ3) is 2.92. The van der Waals surface area contributed by atoms with Crippen LogP contribution < -0.4 is 5.32 Å². The van der Waals surface area contributed by atoms with Gasteiger partial charge in [-0.05, 0) is 30.9 Å². The average Bonchev–Trinajstić information content (AvgIpc) is 3.11. The lowest BCUT2D eigenvalue weighted by atomic mass is 9.84. The Balaban J connectivity index is 1.94. The monoisotopic (exact) mass is 293 g/mol. The smallest absolute Gasteiger partial charge is 0.224 e. The highest BCUT2D eigenvalue weighted by Crippen LogP contribution is 2.31. The second-order valence-electron chi connectivity index (χ2n) is 6.33. The minimum atomic E-state index is -0.484. The highest BCUT2D eigenvalue weighted by Gasteiger charge is 2.33. The Kier molecular flexibility index (Phi) is 4.28. The first-order valence-corrected chi connectivity index (χ1v) is 8.13. The quantitative estimate of drug-likeness (QED) is 0.896. The van der Waals surface area contributed by atoms with Gasteiger partial charge in [-0.1, -0.05) is 73.5 Å². The van der Waals surface area contributed by atoms with Crippen LogP contribution in [0.25, 0.3) is 0 Å². The van der Waals surface area contributed by atoms with Gasteiger partial charge >= 0.3 is 0 Å². The molecule has 0 aliphatic heterocycles. The van der Waals surface area contributed by atoms with Gasteiger partial charge in [-0.2, -0.15) is 0 Å². The predicted molar refractivity (Wildman–Crippen MR) is 89.4 cm³/mol. The molecule has 1 aliphatic carbocycles. The zero-order valence-electron chi connectivity index (χ0n) is 13.1. The van der Waals surface area contributed by atoms with Crippen LogP contribution in [0, 0.1) is 5.92 Å². The fourth-order valence-corrected chi connectivity index (χ4v) is 3.39. The zero-order valence-corrected chi connectivity index (χ0v) is 13.1. The van der Waals surface area contributed by atoms with Gasteiger partial charge in [0, 0.05) is 5.92 Å². The third-order valence-corrected chi connectivity index (χ3v) is 4.80. The van der Waals surface area contributed by atoms with Crippen LogP contribution >= 0.6 is 0 Å². The number of hydrogen-bond donors (Lipinski definition) is 1. The summed E-state index contributed by atoms with van der Waals surface area (Å²) in [6, 6.07) is 20.5. The molecule has 0 bridgehead atoms. The molecule has 114 valence electrons. The van der Waals surface area contributed by atoms with Crippen molar-refractivity contribution in [2.24, 2.45) is 5.92 Å². The third-order valence-electron chi connectivity index (χ3n) is 4.80. The fraction of sp³-hybridized carbons (Fsp3) is 0.350. The van der Waals surface area contributed by atoms with Gasteiger partial charge in [0.05, 0.1) is 5.54 Å². The molecule has 3 rings (SSSR count). The number of rotatable bonds is 4. The van der Waals surface area contributed by atoms with Crippen molar-refractivity contribution in [3.63, 3.8) is 0 Å². The van der Waals surface area contributed by atoms with Crippen LogP contribution in [0.5, 0.6) is 0 Å². The van der Waals surface area contributed by atoms with Gasteiger partial charge in [0.25, 0.3) is 0 Å². The Morgan fingerprint density at radius 2 is 1.36 bits per heavy atom. The highest BCUT2D eigenvalue weighted by molar-refractivity contribution is 5.80. The van der Waals surface area contributed by atoms with E-state index in [4.69, 9.17) is 0 Å². The molecule has 0 saturated heterocycles. The molecule has 0 unspecified atom stereocenters. The molecule has 0 aromatic heterocycles. The minimum Gasteiger partial charge on any atom is -0.343 e. The average molecular weight is 293 g/mol. The molecular formula is C20H23NO. The Labute approximate surface area is 132 Å². The molecule has 1 saturated carbocycles. The van der Waals surface area contributed by atoms with Crippen molar-refractivity contribution in [3.05, 3.63) is 71.8 Å². The van der Waals surface area contributed by atoms with E-state index in [-0.39, 0.29) is 11.8 Å². The van der Waals surface area contributed by atoms with Crippen LogP contribution in [-0.2, 0) is 10.3 Å². The maximum Gasteiger partial charge on any atom is 0.224 e. The molecule has 2 nitrogen and oxygen atoms in total. The van der Waals surface area contributed by atoms with Crippen molar-refractivity contribution < 1.29 is 4.79 Å². The van der Waals surface area contributed by atoms with Crippen LogP contribution in [0.1, 0.15) is 43.7 Å². The summed E-state index contributed by atoms with van der Waals surface area (Å²) in [6.45, 7) is 2.10. The lowest BCUT2D eigenvalue weighted by Gasteiger charge is -2.33. The topological polar surface area (TPSA) is 29.1 Å². The second kappa shape index (κ2) is 6.35. The number of carbonyl (C=O) groups is 1. The number of carbonyl (C=O) groups excluding carboxylic acids is 1. The van der Waals surface area contributed by atoms with Crippen LogP contribution in [0.3, 0.4) is 0 Å². The predicted octanol–water partition coefficient (Wildman–Crippen LogP) is 4.26. The number of benzene rings is 2. The summed E-state index contributed by atoms with van der Waals surface area (Å²) in [6.07, 6.45) is 4.38. The fourth-order valence-electron chi connectivity index (χ4n) is 3.39. The normalized spacial score (nSPS) is 15.7. The molecule has 0 radical (unpaired) electrons. The molecule has 1 aliphatic rings. The van der Waals surface area contributed by atoms with Crippen LogP contribution in [0.2, 0.25) is 0 Å². The van der Waals surface area contributed by atoms with Crippen molar-refractivity contribution in [2.75, 3.05) is 0 Å². The van der Waals surface area contributed by atoms with Crippen molar-refractivity contribution in [2.45, 2.75) is 38.1 Å². The summed E-state index contributed by atoms with van der Waals surface area (Å²) < 4.78 is 0. The summed E-state index contributed by atoms with van der Waals surface area (Å²) in [5.74, 6) is 0.361. The van der Waals surface area contributed by atoms with E-state index < -0.39 is 5.54 Å². The van der Waals surface area contributed by atoms with E-state index in [0.29, 0.717) is 0 Å². The van der Waals surface area contributed by atoms with Crippen molar-refractivity contribution in [3.8, 4) is 0 Å². The van der Waals surface area contributed by atoms with E-state index in [1.165, 1.54) is 12.8 Å². The molecule has 1 N–H and O–H groups in total. The maximum absolute atomic E-state index is 12.7. The molecule has 0 atom stereocenters. The summed E-state index contributed by atoms with van der Waals surface area (Å²) >= 11 is 0. The van der Waals surface area contributed by atoms with E-state index in [1.54, 1.807) is 0 Å². The number of hydrogen-bond acceptors (Lipinski definition) is 1. The molecule has 1 fully saturated rings. The second-order valence-corrected chi connectivity index (χ2v) is 6.33. The van der Waals surface area contributed by atoms with Crippen molar-refractivity contribution >= 4 is 5.91 Å². The van der Waals surface area contributed by atoms with Gasteiger partial charge in [0.15, 0.2) is 0 Å². The summed E-state index contributed by atoms with van der Waals surface area (Å²) in [5, 5.41) is 3.33. The van der Waals surface area contributed by atoms with Crippen LogP contribution in [-0.4, -0.2) is 5.91 Å². The SMILES string of the molecule is CC(NC(=O)C1CCCC1)(c1ccccc1)c1ccccc1. The summed E-state index contributed by atoms with van der Waals surface area (Å²) in [4.78, 5) is 12.7. The van der Waals surface area contributed by atoms with Crippen molar-refractivity contribution in [1.82, 2.24) is 5.32 Å². The Morgan fingerprint density at radius 1 is 0.909 bits per heavy atom. The zero-order chi connectivity index (χ0) is 15.4. The van der Waals surface area contributed by atoms with Crippen molar-refractivity contribution in [1.29, 1.82) is 0 Å². The number of amides is 1. The van der Waals surface area contributed by atoms with Gasteiger partial charge in [0.2, 0.25) is 5.91 Å². The molecular weight excluding hydrogens is 270 g/mol. The van der Waals surface area contributed by atoms with E-state index in [2.05, 4.69) is 36.5 Å². The Hall–Kier alpha value is -2.09. The highest BCUT2D eigenvalue weighted by atomic mass is 16.2. The molecule has 2 aromatic carbocycles. The minimum absolute atomic E-state index is 0.173. The first-order chi connectivity index (χ1) is 10.7. The molecule has 2 heteroatoms. The van der Waals surface area contributed by atoms with E-state index in [0.717, 1.165) is 24.0 Å². The molecule has 0 heterocycles. The lowest BCUT2D eigenvalue weighted by Crippen LogP contribution is -2.46. The maximum atomic E-state index is 12.7. The first-order valence-electron chi connectivity index (χ1n) is 8.13. The largest absolute Gasteiger partial charge is 0.343 e. The van der Waals surface area contributed by atoms with E-state index in [9.17, 15) is 4.79 Å². The van der Waals surface area contributed by atoms with Gasteiger partial charge in [-0.25, -0.2) is 0 Å². The summed E-state index contributed by atoms with van der Waals surface area (Å²) in [7, 11) is 0. The van der Waals surface area contributed by atoms with Gasteiger partial charge in [-0.15, -0.1) is 0 Å².